The van der Waals surface area contributed by atoms with Crippen molar-refractivity contribution >= 4 is 49.7 Å². The summed E-state index contributed by atoms with van der Waals surface area (Å²) in [5.41, 5.74) is -12.9. The molecule has 0 bridgehead atoms. The Morgan fingerprint density at radius 2 is 0.631 bits per heavy atom. The van der Waals surface area contributed by atoms with Crippen molar-refractivity contribution in [1.82, 2.24) is 0 Å². The summed E-state index contributed by atoms with van der Waals surface area (Å²) in [5, 5.41) is 12.0. The Balaban J connectivity index is 0.000000289. The van der Waals surface area contributed by atoms with Gasteiger partial charge in [-0.15, -0.1) is 21.9 Å². The molecule has 0 saturated heterocycles. The zero-order chi connectivity index (χ0) is 48.3. The van der Waals surface area contributed by atoms with Crippen molar-refractivity contribution in [3.8, 4) is 5.75 Å². The third-order valence-corrected chi connectivity index (χ3v) is 12.0. The highest BCUT2D eigenvalue weighted by molar-refractivity contribution is 7.95. The Kier molecular flexibility index (Phi) is 13.2. The molecule has 0 spiro atoms. The summed E-state index contributed by atoms with van der Waals surface area (Å²) in [6.07, 6.45) is -4.96. The van der Waals surface area contributed by atoms with Gasteiger partial charge in [0.15, 0.2) is 74.7 Å². The highest BCUT2D eigenvalue weighted by atomic mass is 32.2. The standard InChI is InChI=1S/C24BF20.C18H16OS/c26-5-1(6(27)14(35)21(42)13(5)34)25(2-7(28)15(36)22(43)16(37)8(2)29,3-9(30)17(38)23(44)18(39)10(3)31)4-11(32)19(40)24(45)20(41)12(4)33;1-20(17-11-9-16(19)10-12-17)13-15-7-4-6-14-5-2-3-8-18(14)15/h;2-12H,13H2,1H3/q-1;/p+1. The molecule has 0 aliphatic heterocycles. The van der Waals surface area contributed by atoms with E-state index in [2.05, 4.69) is 48.7 Å². The van der Waals surface area contributed by atoms with Crippen molar-refractivity contribution in [1.29, 1.82) is 0 Å². The van der Waals surface area contributed by atoms with Crippen LogP contribution in [0.2, 0.25) is 0 Å². The summed E-state index contributed by atoms with van der Waals surface area (Å²) in [5.74, 6) is -70.0. The molecule has 0 saturated carbocycles. The van der Waals surface area contributed by atoms with Crippen LogP contribution in [0.1, 0.15) is 5.56 Å². The Bertz CT molecular complexity index is 2670. The van der Waals surface area contributed by atoms with Crippen molar-refractivity contribution in [3.05, 3.63) is 189 Å². The van der Waals surface area contributed by atoms with Crippen molar-refractivity contribution < 1.29 is 92.9 Å². The van der Waals surface area contributed by atoms with Crippen LogP contribution in [-0.4, -0.2) is 17.5 Å². The highest BCUT2D eigenvalue weighted by Gasteiger charge is 2.52. The summed E-state index contributed by atoms with van der Waals surface area (Å²) in [7, 11) is 0.140. The first-order chi connectivity index (χ1) is 30.4. The Morgan fingerprint density at radius 3 is 0.954 bits per heavy atom. The molecule has 0 fully saturated rings. The average molecular weight is 960 g/mol. The van der Waals surface area contributed by atoms with Crippen molar-refractivity contribution in [2.24, 2.45) is 0 Å². The average Bonchev–Trinajstić information content (AvgIpc) is 3.29. The molecule has 1 nitrogen and oxygen atoms in total. The largest absolute Gasteiger partial charge is 0.508 e. The number of rotatable bonds is 7. The zero-order valence-electron chi connectivity index (χ0n) is 31.6. The molecule has 7 aromatic carbocycles. The van der Waals surface area contributed by atoms with E-state index in [4.69, 9.17) is 0 Å². The summed E-state index contributed by atoms with van der Waals surface area (Å²) in [6.45, 7) is 0. The molecule has 1 N–H and O–H groups in total. The van der Waals surface area contributed by atoms with E-state index in [9.17, 15) is 57.8 Å². The molecular formula is C42H17BF20OS. The summed E-state index contributed by atoms with van der Waals surface area (Å²) < 4.78 is 294. The topological polar surface area (TPSA) is 20.2 Å². The predicted octanol–water partition coefficient (Wildman–Crippen LogP) is 10.2. The number of hydrogen-bond donors (Lipinski definition) is 1. The molecule has 0 heterocycles. The SMILES string of the molecule is C[S+](Cc1cccc2ccccc12)c1ccc(O)cc1.Fc1c(F)c(F)c([B-](c2c(F)c(F)c(F)c(F)c2F)(c2c(F)c(F)c(F)c(F)c2F)c2c(F)c(F)c(F)c(F)c2F)c(F)c1F. The van der Waals surface area contributed by atoms with E-state index >= 15 is 35.1 Å². The van der Waals surface area contributed by atoms with Gasteiger partial charge >= 0.3 is 0 Å². The van der Waals surface area contributed by atoms with E-state index < -0.39 is 144 Å². The van der Waals surface area contributed by atoms with Gasteiger partial charge in [0, 0.05) is 16.5 Å². The summed E-state index contributed by atoms with van der Waals surface area (Å²) >= 11 is 0. The number of phenolic OH excluding ortho intramolecular Hbond substituents is 1. The Hall–Kier alpha value is -6.39. The third kappa shape index (κ3) is 7.65. The van der Waals surface area contributed by atoms with Gasteiger partial charge in [-0.2, -0.15) is 0 Å². The van der Waals surface area contributed by atoms with E-state index in [1.807, 2.05) is 12.1 Å². The fourth-order valence-electron chi connectivity index (χ4n) is 7.29. The van der Waals surface area contributed by atoms with Gasteiger partial charge in [0.05, 0.1) is 0 Å². The molecular weight excluding hydrogens is 943 g/mol. The van der Waals surface area contributed by atoms with E-state index in [1.54, 1.807) is 12.1 Å². The van der Waals surface area contributed by atoms with E-state index in [0.29, 0.717) is 5.75 Å². The Labute approximate surface area is 353 Å². The van der Waals surface area contributed by atoms with E-state index in [0.717, 1.165) is 5.75 Å². The van der Waals surface area contributed by atoms with Gasteiger partial charge in [0.1, 0.15) is 70.4 Å². The summed E-state index contributed by atoms with van der Waals surface area (Å²) in [4.78, 5) is 1.29. The molecule has 1 atom stereocenters. The van der Waals surface area contributed by atoms with Crippen LogP contribution >= 0.6 is 0 Å². The lowest BCUT2D eigenvalue weighted by Crippen LogP contribution is -2.81. The number of fused-ring (bicyclic) bond motifs is 1. The van der Waals surface area contributed by atoms with Crippen LogP contribution in [0.3, 0.4) is 0 Å². The molecule has 23 heteroatoms. The fourth-order valence-corrected chi connectivity index (χ4v) is 8.77. The number of hydrogen-bond acceptors (Lipinski definition) is 1. The van der Waals surface area contributed by atoms with Crippen molar-refractivity contribution in [2.45, 2.75) is 10.6 Å². The van der Waals surface area contributed by atoms with Gasteiger partial charge in [0.2, 0.25) is 0 Å². The smallest absolute Gasteiger partial charge is 0.200 e. The molecule has 1 unspecified atom stereocenters. The number of phenols is 1. The maximum Gasteiger partial charge on any atom is 0.200 e. The minimum Gasteiger partial charge on any atom is -0.508 e. The monoisotopic (exact) mass is 960 g/mol. The minimum atomic E-state index is -7.22. The minimum absolute atomic E-state index is 0.140. The second-order valence-electron chi connectivity index (χ2n) is 13.7. The first-order valence-corrected chi connectivity index (χ1v) is 19.4. The highest BCUT2D eigenvalue weighted by Crippen LogP contribution is 2.31. The van der Waals surface area contributed by atoms with Crippen molar-refractivity contribution in [2.75, 3.05) is 6.26 Å². The molecule has 65 heavy (non-hydrogen) atoms. The third-order valence-electron chi connectivity index (χ3n) is 10.2. The molecule has 0 amide bonds. The Morgan fingerprint density at radius 1 is 0.354 bits per heavy atom. The predicted molar refractivity (Wildman–Crippen MR) is 197 cm³/mol. The van der Waals surface area contributed by atoms with Crippen LogP contribution in [0.5, 0.6) is 5.75 Å². The quantitative estimate of drug-likeness (QED) is 0.0555. The van der Waals surface area contributed by atoms with Gasteiger partial charge in [-0.1, -0.05) is 42.5 Å². The molecule has 7 rings (SSSR count). The molecule has 340 valence electrons. The lowest BCUT2D eigenvalue weighted by molar-refractivity contribution is 0.378. The van der Waals surface area contributed by atoms with Gasteiger partial charge in [-0.05, 0) is 35.0 Å². The van der Waals surface area contributed by atoms with Crippen LogP contribution in [0.4, 0.5) is 87.8 Å². The lowest BCUT2D eigenvalue weighted by atomic mass is 9.12. The lowest BCUT2D eigenvalue weighted by Gasteiger charge is -2.44. The normalized spacial score (nSPS) is 12.1. The van der Waals surface area contributed by atoms with Crippen molar-refractivity contribution in [3.63, 3.8) is 0 Å². The van der Waals surface area contributed by atoms with Crippen LogP contribution < -0.4 is 21.9 Å². The first-order valence-electron chi connectivity index (χ1n) is 17.6. The maximum absolute atomic E-state index is 15.4. The van der Waals surface area contributed by atoms with Crippen LogP contribution in [0, 0.1) is 116 Å². The van der Waals surface area contributed by atoms with Crippen LogP contribution in [0.25, 0.3) is 10.8 Å². The van der Waals surface area contributed by atoms with Crippen LogP contribution in [0.15, 0.2) is 71.6 Å². The number of halogens is 20. The fraction of sp³-hybridized carbons (Fsp3) is 0.0476. The van der Waals surface area contributed by atoms with Gasteiger partial charge in [0.25, 0.3) is 0 Å². The molecule has 0 aliphatic carbocycles. The van der Waals surface area contributed by atoms with Crippen LogP contribution in [-0.2, 0) is 16.6 Å². The van der Waals surface area contributed by atoms with Gasteiger partial charge in [-0.25, -0.2) is 87.8 Å². The van der Waals surface area contributed by atoms with Gasteiger partial charge < -0.3 is 5.11 Å². The first kappa shape index (κ1) is 48.1. The zero-order valence-corrected chi connectivity index (χ0v) is 32.4. The summed E-state index contributed by atoms with van der Waals surface area (Å²) in [6, 6.07) is 22.6. The maximum atomic E-state index is 15.4. The molecule has 0 radical (unpaired) electrons. The molecule has 7 aromatic rings. The second kappa shape index (κ2) is 17.9. The molecule has 0 aliphatic rings. The molecule has 0 aromatic heterocycles. The second-order valence-corrected chi connectivity index (χ2v) is 15.7. The number of benzene rings is 7. The van der Waals surface area contributed by atoms with Gasteiger partial charge in [-0.3, -0.25) is 0 Å². The number of aromatic hydroxyl groups is 1. The van der Waals surface area contributed by atoms with E-state index in [1.165, 1.54) is 21.2 Å². The van der Waals surface area contributed by atoms with E-state index in [-0.39, 0.29) is 10.9 Å².